The Balaban J connectivity index is 2.29. The predicted octanol–water partition coefficient (Wildman–Crippen LogP) is 5.87. The number of ether oxygens (including phenoxy) is 4. The SMILES string of the molecule is CCOC(=O)c1nc(-c2ccc(OC)c3nc(C(F)(F)F)ccc23)oc1[C@@H](N=C([O-])OC(C)(C)C)[C@@H](C)OC(C)(C)C. The highest BCUT2D eigenvalue weighted by molar-refractivity contribution is 5.97. The van der Waals surface area contributed by atoms with E-state index in [2.05, 4.69) is 15.0 Å². The van der Waals surface area contributed by atoms with Gasteiger partial charge in [-0.15, -0.1) is 0 Å². The fourth-order valence-corrected chi connectivity index (χ4v) is 4.10. The number of carbonyl (C=O) groups excluding carboxylic acids is 1. The van der Waals surface area contributed by atoms with Gasteiger partial charge in [0.1, 0.15) is 29.1 Å². The van der Waals surface area contributed by atoms with Crippen molar-refractivity contribution >= 4 is 23.0 Å². The second-order valence-electron chi connectivity index (χ2n) is 11.3. The first-order valence-corrected chi connectivity index (χ1v) is 13.2. The van der Waals surface area contributed by atoms with Gasteiger partial charge in [-0.2, -0.15) is 13.2 Å². The van der Waals surface area contributed by atoms with E-state index in [0.717, 1.165) is 6.07 Å². The summed E-state index contributed by atoms with van der Waals surface area (Å²) in [6.07, 6.45) is -6.44. The highest BCUT2D eigenvalue weighted by Crippen LogP contribution is 2.39. The second-order valence-corrected chi connectivity index (χ2v) is 11.3. The molecule has 0 radical (unpaired) electrons. The van der Waals surface area contributed by atoms with Crippen LogP contribution in [0.5, 0.6) is 5.75 Å². The first-order chi connectivity index (χ1) is 19.3. The third-order valence-corrected chi connectivity index (χ3v) is 5.57. The molecule has 0 saturated heterocycles. The molecule has 3 rings (SSSR count). The average molecular weight is 595 g/mol. The number of hydrogen-bond donors (Lipinski definition) is 0. The van der Waals surface area contributed by atoms with Gasteiger partial charge in [0.15, 0.2) is 11.5 Å². The Hall–Kier alpha value is -3.87. The van der Waals surface area contributed by atoms with E-state index in [1.54, 1.807) is 55.4 Å². The van der Waals surface area contributed by atoms with Crippen LogP contribution in [0.15, 0.2) is 33.7 Å². The first kappa shape index (κ1) is 32.6. The van der Waals surface area contributed by atoms with Crippen LogP contribution in [-0.4, -0.2) is 53.0 Å². The van der Waals surface area contributed by atoms with E-state index >= 15 is 0 Å². The summed E-state index contributed by atoms with van der Waals surface area (Å²) in [6.45, 7) is 13.7. The number of aliphatic imine (C=N–C) groups is 1. The summed E-state index contributed by atoms with van der Waals surface area (Å²) in [5.74, 6) is -1.06. The topological polar surface area (TPSA) is 128 Å². The summed E-state index contributed by atoms with van der Waals surface area (Å²) in [7, 11) is 1.30. The number of aromatic nitrogens is 2. The number of esters is 1. The van der Waals surface area contributed by atoms with Gasteiger partial charge in [-0.05, 0) is 58.9 Å². The maximum Gasteiger partial charge on any atom is 0.433 e. The van der Waals surface area contributed by atoms with Crippen molar-refractivity contribution in [1.29, 1.82) is 0 Å². The van der Waals surface area contributed by atoms with Crippen molar-refractivity contribution in [2.75, 3.05) is 13.7 Å². The van der Waals surface area contributed by atoms with Gasteiger partial charge in [0.05, 0.1) is 25.4 Å². The molecule has 0 saturated carbocycles. The molecule has 0 N–H and O–H groups in total. The Morgan fingerprint density at radius 3 is 2.26 bits per heavy atom. The number of carbonyl (C=O) groups is 1. The number of methoxy groups -OCH3 is 1. The largest absolute Gasteiger partial charge is 0.595 e. The van der Waals surface area contributed by atoms with Crippen molar-refractivity contribution in [1.82, 2.24) is 9.97 Å². The number of oxazole rings is 1. The average Bonchev–Trinajstić information content (AvgIpc) is 3.28. The van der Waals surface area contributed by atoms with Crippen LogP contribution in [-0.2, 0) is 20.4 Å². The van der Waals surface area contributed by atoms with Gasteiger partial charge in [0.2, 0.25) is 5.89 Å². The van der Waals surface area contributed by atoms with Gasteiger partial charge in [0.25, 0.3) is 0 Å². The summed E-state index contributed by atoms with van der Waals surface area (Å²) < 4.78 is 68.3. The molecule has 230 valence electrons. The zero-order chi connectivity index (χ0) is 31.6. The molecular weight excluding hydrogens is 559 g/mol. The van der Waals surface area contributed by atoms with E-state index < -0.39 is 47.3 Å². The molecule has 10 nitrogen and oxygen atoms in total. The lowest BCUT2D eigenvalue weighted by Gasteiger charge is -2.32. The van der Waals surface area contributed by atoms with Crippen LogP contribution < -0.4 is 9.84 Å². The molecule has 0 bridgehead atoms. The summed E-state index contributed by atoms with van der Waals surface area (Å²) in [6, 6.07) is 3.74. The predicted molar refractivity (Wildman–Crippen MR) is 146 cm³/mol. The van der Waals surface area contributed by atoms with Gasteiger partial charge in [-0.1, -0.05) is 20.8 Å². The van der Waals surface area contributed by atoms with Crippen LogP contribution in [0.3, 0.4) is 0 Å². The van der Waals surface area contributed by atoms with Gasteiger partial charge in [0, 0.05) is 16.6 Å². The molecule has 2 atom stereocenters. The monoisotopic (exact) mass is 594 g/mol. The summed E-state index contributed by atoms with van der Waals surface area (Å²) >= 11 is 0. The maximum atomic E-state index is 13.4. The lowest BCUT2D eigenvalue weighted by atomic mass is 10.1. The van der Waals surface area contributed by atoms with Gasteiger partial charge >= 0.3 is 12.1 Å². The summed E-state index contributed by atoms with van der Waals surface area (Å²) in [4.78, 5) is 25.3. The van der Waals surface area contributed by atoms with Crippen molar-refractivity contribution in [3.8, 4) is 17.2 Å². The fourth-order valence-electron chi connectivity index (χ4n) is 4.10. The van der Waals surface area contributed by atoms with Gasteiger partial charge < -0.3 is 28.5 Å². The molecule has 2 aromatic heterocycles. The zero-order valence-corrected chi connectivity index (χ0v) is 25.0. The van der Waals surface area contributed by atoms with E-state index in [4.69, 9.17) is 23.4 Å². The first-order valence-electron chi connectivity index (χ1n) is 13.2. The van der Waals surface area contributed by atoms with E-state index in [-0.39, 0.29) is 46.2 Å². The fraction of sp³-hybridized carbons (Fsp3) is 0.517. The van der Waals surface area contributed by atoms with E-state index in [1.807, 2.05) is 0 Å². The van der Waals surface area contributed by atoms with Gasteiger partial charge in [-0.3, -0.25) is 4.99 Å². The smallest absolute Gasteiger partial charge is 0.433 e. The summed E-state index contributed by atoms with van der Waals surface area (Å²) in [5.41, 5.74) is -2.82. The van der Waals surface area contributed by atoms with Crippen LogP contribution in [0.25, 0.3) is 22.4 Å². The number of pyridine rings is 1. The minimum atomic E-state index is -4.69. The van der Waals surface area contributed by atoms with Crippen LogP contribution in [0.2, 0.25) is 0 Å². The maximum absolute atomic E-state index is 13.4. The number of alkyl halides is 3. The third kappa shape index (κ3) is 7.90. The van der Waals surface area contributed by atoms with Crippen LogP contribution >= 0.6 is 0 Å². The molecule has 42 heavy (non-hydrogen) atoms. The van der Waals surface area contributed by atoms with Crippen LogP contribution in [0, 0.1) is 0 Å². The van der Waals surface area contributed by atoms with E-state index in [9.17, 15) is 23.1 Å². The Labute approximate surface area is 241 Å². The third-order valence-electron chi connectivity index (χ3n) is 5.57. The molecule has 0 amide bonds. The molecule has 0 aliphatic heterocycles. The lowest BCUT2D eigenvalue weighted by Crippen LogP contribution is -2.35. The molecule has 0 aliphatic rings. The quantitative estimate of drug-likeness (QED) is 0.179. The summed E-state index contributed by atoms with van der Waals surface area (Å²) in [5, 5.41) is 13.0. The van der Waals surface area contributed by atoms with Crippen LogP contribution in [0.4, 0.5) is 13.2 Å². The number of hydrogen-bond acceptors (Lipinski definition) is 10. The second kappa shape index (κ2) is 12.2. The highest BCUT2D eigenvalue weighted by atomic mass is 19.4. The lowest BCUT2D eigenvalue weighted by molar-refractivity contribution is -0.261. The zero-order valence-electron chi connectivity index (χ0n) is 25.0. The number of rotatable bonds is 8. The molecular formula is C29H35F3N3O7-. The van der Waals surface area contributed by atoms with Crippen molar-refractivity contribution < 1.29 is 46.4 Å². The Morgan fingerprint density at radius 1 is 1.05 bits per heavy atom. The number of nitrogens with zero attached hydrogens (tertiary/aromatic N) is 3. The normalized spacial score (nSPS) is 14.5. The van der Waals surface area contributed by atoms with Crippen molar-refractivity contribution in [2.45, 2.75) is 84.9 Å². The Kier molecular flexibility index (Phi) is 9.45. The minimum Gasteiger partial charge on any atom is -0.595 e. The molecule has 1 aromatic carbocycles. The van der Waals surface area contributed by atoms with Crippen molar-refractivity contribution in [3.63, 3.8) is 0 Å². The molecule has 0 aliphatic carbocycles. The number of benzene rings is 1. The molecule has 13 heteroatoms. The van der Waals surface area contributed by atoms with Crippen molar-refractivity contribution in [3.05, 3.63) is 41.4 Å². The highest BCUT2D eigenvalue weighted by Gasteiger charge is 2.36. The molecule has 3 aromatic rings. The molecule has 2 heterocycles. The van der Waals surface area contributed by atoms with Crippen molar-refractivity contribution in [2.24, 2.45) is 4.99 Å². The standard InChI is InChI=1S/C29H36F3N3O7/c1-10-39-25(36)22-23(20(15(2)41-27(3,4)5)35-26(37)42-28(6,7)8)40-24(34-22)17-11-13-18(38-9)21-16(17)12-14-19(33-21)29(30,31)32/h11-15,20H,10H2,1-9H3,(H,35,37)/p-1/t15-,20+/m1/s1. The van der Waals surface area contributed by atoms with Gasteiger partial charge in [-0.25, -0.2) is 14.8 Å². The Morgan fingerprint density at radius 2 is 1.71 bits per heavy atom. The minimum absolute atomic E-state index is 0.0119. The molecule has 0 fully saturated rings. The van der Waals surface area contributed by atoms with E-state index in [0.29, 0.717) is 0 Å². The Bertz CT molecular complexity index is 1450. The number of halogens is 3. The van der Waals surface area contributed by atoms with Crippen LogP contribution in [0.1, 0.15) is 83.4 Å². The number of fused-ring (bicyclic) bond motifs is 1. The molecule has 0 unspecified atom stereocenters. The van der Waals surface area contributed by atoms with E-state index in [1.165, 1.54) is 25.3 Å². The molecule has 0 spiro atoms.